The van der Waals surface area contributed by atoms with E-state index >= 15 is 0 Å². The van der Waals surface area contributed by atoms with Crippen LogP contribution in [0.3, 0.4) is 0 Å². The maximum atomic E-state index is 5.32. The number of rotatable bonds is 0. The third-order valence-corrected chi connectivity index (χ3v) is 1.87. The highest BCUT2D eigenvalue weighted by Crippen LogP contribution is 2.13. The molecule has 0 unspecified atom stereocenters. The quantitative estimate of drug-likeness (QED) is 0.489. The van der Waals surface area contributed by atoms with E-state index in [1.165, 1.54) is 0 Å². The normalized spacial score (nSPS) is 9.27. The molecule has 11 heavy (non-hydrogen) atoms. The maximum absolute atomic E-state index is 5.32. The highest BCUT2D eigenvalue weighted by atomic mass is 14.0. The van der Waals surface area contributed by atoms with Crippen LogP contribution in [0.2, 0.25) is 0 Å². The Labute approximate surface area is 68.3 Å². The predicted octanol–water partition coefficient (Wildman–Crippen LogP) is 2.39. The van der Waals surface area contributed by atoms with E-state index in [2.05, 4.69) is 12.0 Å². The van der Waals surface area contributed by atoms with Gasteiger partial charge in [0.15, 0.2) is 0 Å². The van der Waals surface area contributed by atoms with Crippen LogP contribution in [0, 0.1) is 39.2 Å². The average molecular weight is 143 g/mol. The summed E-state index contributed by atoms with van der Waals surface area (Å²) < 4.78 is 0. The van der Waals surface area contributed by atoms with E-state index in [1.807, 2.05) is 26.8 Å². The molecule has 0 heteroatoms. The van der Waals surface area contributed by atoms with Gasteiger partial charge in [0, 0.05) is 5.56 Å². The van der Waals surface area contributed by atoms with Crippen LogP contribution in [0.1, 0.15) is 22.3 Å². The molecule has 0 aromatic heterocycles. The van der Waals surface area contributed by atoms with Crippen LogP contribution in [0.5, 0.6) is 0 Å². The van der Waals surface area contributed by atoms with Crippen molar-refractivity contribution in [3.05, 3.63) is 34.4 Å². The Hall–Kier alpha value is -1.22. The molecule has 1 aromatic rings. The van der Waals surface area contributed by atoms with E-state index in [-0.39, 0.29) is 0 Å². The van der Waals surface area contributed by atoms with Crippen molar-refractivity contribution in [2.24, 2.45) is 0 Å². The summed E-state index contributed by atoms with van der Waals surface area (Å²) in [6.07, 6.45) is 5.32. The van der Waals surface area contributed by atoms with Gasteiger partial charge in [0.1, 0.15) is 0 Å². The van der Waals surface area contributed by atoms with E-state index in [0.717, 1.165) is 22.3 Å². The molecule has 55 valence electrons. The lowest BCUT2D eigenvalue weighted by atomic mass is 10.0. The Kier molecular flexibility index (Phi) is 2.01. The number of terminal acetylenes is 1. The van der Waals surface area contributed by atoms with Gasteiger partial charge in [-0.3, -0.25) is 0 Å². The van der Waals surface area contributed by atoms with Gasteiger partial charge >= 0.3 is 0 Å². The summed E-state index contributed by atoms with van der Waals surface area (Å²) in [6, 6.07) is 5.21. The van der Waals surface area contributed by atoms with Crippen LogP contribution in [0.15, 0.2) is 6.07 Å². The Morgan fingerprint density at radius 3 is 2.55 bits per heavy atom. The van der Waals surface area contributed by atoms with E-state index < -0.39 is 0 Å². The molecule has 0 nitrogen and oxygen atoms in total. The van der Waals surface area contributed by atoms with Crippen molar-refractivity contribution in [1.82, 2.24) is 0 Å². The molecule has 0 saturated carbocycles. The van der Waals surface area contributed by atoms with Gasteiger partial charge in [-0.1, -0.05) is 5.92 Å². The molecule has 0 atom stereocenters. The van der Waals surface area contributed by atoms with Gasteiger partial charge in [-0.25, -0.2) is 0 Å². The van der Waals surface area contributed by atoms with Gasteiger partial charge < -0.3 is 0 Å². The maximum Gasteiger partial charge on any atom is 0.0277 e. The third-order valence-electron chi connectivity index (χ3n) is 1.87. The van der Waals surface area contributed by atoms with Crippen molar-refractivity contribution in [2.45, 2.75) is 20.8 Å². The van der Waals surface area contributed by atoms with Gasteiger partial charge in [-0.15, -0.1) is 6.42 Å². The smallest absolute Gasteiger partial charge is 0.0277 e. The molecule has 0 aliphatic heterocycles. The first kappa shape index (κ1) is 7.88. The molecule has 1 rings (SSSR count). The first-order valence-electron chi connectivity index (χ1n) is 3.62. The van der Waals surface area contributed by atoms with Crippen LogP contribution in [-0.4, -0.2) is 0 Å². The standard InChI is InChI=1S/C11H11/c1-5-11-7-8(2)6-9(3)10(11)4/h1,7H,2-4H3. The Bertz CT molecular complexity index is 314. The van der Waals surface area contributed by atoms with Crippen molar-refractivity contribution in [3.8, 4) is 12.3 Å². The zero-order chi connectivity index (χ0) is 8.43. The average Bonchev–Trinajstić information content (AvgIpc) is 1.96. The van der Waals surface area contributed by atoms with Crippen LogP contribution >= 0.6 is 0 Å². The monoisotopic (exact) mass is 143 g/mol. The lowest BCUT2D eigenvalue weighted by Gasteiger charge is -2.03. The summed E-state index contributed by atoms with van der Waals surface area (Å²) in [5.41, 5.74) is 4.41. The summed E-state index contributed by atoms with van der Waals surface area (Å²) in [7, 11) is 0. The third kappa shape index (κ3) is 1.43. The molecule has 0 N–H and O–H groups in total. The van der Waals surface area contributed by atoms with Crippen molar-refractivity contribution in [2.75, 3.05) is 0 Å². The van der Waals surface area contributed by atoms with Crippen LogP contribution in [0.4, 0.5) is 0 Å². The lowest BCUT2D eigenvalue weighted by Crippen LogP contribution is -1.88. The fourth-order valence-corrected chi connectivity index (χ4v) is 1.10. The van der Waals surface area contributed by atoms with Gasteiger partial charge in [0.05, 0.1) is 0 Å². The molecule has 0 heterocycles. The minimum absolute atomic E-state index is 0.985. The van der Waals surface area contributed by atoms with E-state index in [0.29, 0.717) is 0 Å². The predicted molar refractivity (Wildman–Crippen MR) is 47.4 cm³/mol. The Balaban J connectivity index is 3.39. The molecule has 0 saturated heterocycles. The minimum Gasteiger partial charge on any atom is -0.115 e. The molecule has 1 aromatic carbocycles. The van der Waals surface area contributed by atoms with Gasteiger partial charge in [0.2, 0.25) is 0 Å². The van der Waals surface area contributed by atoms with Crippen LogP contribution in [0.25, 0.3) is 0 Å². The molecule has 0 spiro atoms. The molecule has 1 radical (unpaired) electrons. The SMILES string of the molecule is C#Cc1cc(C)[c]c(C)c1C. The summed E-state index contributed by atoms with van der Waals surface area (Å²) in [4.78, 5) is 0. The van der Waals surface area contributed by atoms with Crippen LogP contribution in [-0.2, 0) is 0 Å². The first-order chi connectivity index (χ1) is 5.15. The van der Waals surface area contributed by atoms with Crippen molar-refractivity contribution in [1.29, 1.82) is 0 Å². The largest absolute Gasteiger partial charge is 0.115 e. The second kappa shape index (κ2) is 2.80. The summed E-state index contributed by atoms with van der Waals surface area (Å²) in [6.45, 7) is 6.07. The molecule has 0 bridgehead atoms. The van der Waals surface area contributed by atoms with Crippen molar-refractivity contribution >= 4 is 0 Å². The van der Waals surface area contributed by atoms with Crippen LogP contribution < -0.4 is 0 Å². The molecule has 0 amide bonds. The lowest BCUT2D eigenvalue weighted by molar-refractivity contribution is 1.27. The fourth-order valence-electron chi connectivity index (χ4n) is 1.10. The zero-order valence-corrected chi connectivity index (χ0v) is 7.15. The molecule has 0 fully saturated rings. The number of hydrogen-bond acceptors (Lipinski definition) is 0. The number of aryl methyl sites for hydroxylation is 2. The fraction of sp³-hybridized carbons (Fsp3) is 0.273. The van der Waals surface area contributed by atoms with E-state index in [9.17, 15) is 0 Å². The molecule has 0 aliphatic rings. The first-order valence-corrected chi connectivity index (χ1v) is 3.62. The van der Waals surface area contributed by atoms with Crippen molar-refractivity contribution in [3.63, 3.8) is 0 Å². The number of benzene rings is 1. The van der Waals surface area contributed by atoms with Gasteiger partial charge in [0.25, 0.3) is 0 Å². The Morgan fingerprint density at radius 1 is 1.36 bits per heavy atom. The van der Waals surface area contributed by atoms with Crippen molar-refractivity contribution < 1.29 is 0 Å². The highest BCUT2D eigenvalue weighted by molar-refractivity contribution is 5.45. The summed E-state index contributed by atoms with van der Waals surface area (Å²) in [5, 5.41) is 0. The number of hydrogen-bond donors (Lipinski definition) is 0. The van der Waals surface area contributed by atoms with E-state index in [1.54, 1.807) is 0 Å². The van der Waals surface area contributed by atoms with Gasteiger partial charge in [-0.05, 0) is 49.6 Å². The van der Waals surface area contributed by atoms with E-state index in [4.69, 9.17) is 6.42 Å². The highest BCUT2D eigenvalue weighted by Gasteiger charge is 1.98. The van der Waals surface area contributed by atoms with Gasteiger partial charge in [-0.2, -0.15) is 0 Å². The topological polar surface area (TPSA) is 0 Å². The second-order valence-corrected chi connectivity index (χ2v) is 2.76. The summed E-state index contributed by atoms with van der Waals surface area (Å²) in [5.74, 6) is 2.66. The molecular formula is C11H11. The molecule has 0 aliphatic carbocycles. The summed E-state index contributed by atoms with van der Waals surface area (Å²) >= 11 is 0. The molecular weight excluding hydrogens is 132 g/mol. The Morgan fingerprint density at radius 2 is 2.00 bits per heavy atom. The second-order valence-electron chi connectivity index (χ2n) is 2.76. The minimum atomic E-state index is 0.985. The zero-order valence-electron chi connectivity index (χ0n) is 7.15.